The van der Waals surface area contributed by atoms with E-state index in [4.69, 9.17) is 8.83 Å². The molecule has 2 fully saturated rings. The third-order valence-electron chi connectivity index (χ3n) is 17.7. The summed E-state index contributed by atoms with van der Waals surface area (Å²) in [5.74, 6) is 1.26. The summed E-state index contributed by atoms with van der Waals surface area (Å²) in [6, 6.07) is 49.9. The van der Waals surface area contributed by atoms with Crippen LogP contribution in [0.4, 0.5) is 22.7 Å². The Labute approximate surface area is 438 Å². The predicted octanol–water partition coefficient (Wildman–Crippen LogP) is 18.0. The van der Waals surface area contributed by atoms with Gasteiger partial charge in [0.25, 0.3) is 0 Å². The number of allylic oxidation sites excluding steroid dienone is 12. The van der Waals surface area contributed by atoms with Gasteiger partial charge in [-0.2, -0.15) is 0 Å². The molecule has 0 amide bonds. The molecule has 14 rings (SSSR count). The number of nitrogens with zero attached hydrogens (tertiary/aromatic N) is 2. The molecule has 2 atom stereocenters. The van der Waals surface area contributed by atoms with Crippen LogP contribution in [0.15, 0.2) is 224 Å². The minimum Gasteiger partial charge on any atom is -0.454 e. The molecule has 6 heteroatoms. The number of anilines is 4. The fourth-order valence-corrected chi connectivity index (χ4v) is 16.3. The topological polar surface area (TPSA) is 32.8 Å². The van der Waals surface area contributed by atoms with Gasteiger partial charge in [-0.1, -0.05) is 185 Å². The Kier molecular flexibility index (Phi) is 10.7. The third kappa shape index (κ3) is 7.33. The van der Waals surface area contributed by atoms with Crippen molar-refractivity contribution in [2.45, 2.75) is 90.6 Å². The van der Waals surface area contributed by atoms with E-state index in [1.807, 2.05) is 0 Å². The Hall–Kier alpha value is -6.87. The zero-order valence-electron chi connectivity index (χ0n) is 43.8. The van der Waals surface area contributed by atoms with Gasteiger partial charge in [0, 0.05) is 44.8 Å². The largest absolute Gasteiger partial charge is 0.454 e. The van der Waals surface area contributed by atoms with Crippen molar-refractivity contribution in [3.8, 4) is 0 Å². The van der Waals surface area contributed by atoms with Crippen LogP contribution in [0.3, 0.4) is 0 Å². The summed E-state index contributed by atoms with van der Waals surface area (Å²) in [7, 11) is -3.17. The van der Waals surface area contributed by atoms with Crippen LogP contribution >= 0.6 is 0 Å². The maximum atomic E-state index is 6.98. The highest BCUT2D eigenvalue weighted by atomic mass is 28.3. The first-order valence-corrected chi connectivity index (χ1v) is 34.6. The van der Waals surface area contributed by atoms with E-state index in [1.54, 1.807) is 0 Å². The summed E-state index contributed by atoms with van der Waals surface area (Å²) in [6.07, 6.45) is 25.5. The molecule has 0 spiro atoms. The summed E-state index contributed by atoms with van der Waals surface area (Å²) in [4.78, 5) is 5.17. The van der Waals surface area contributed by atoms with Crippen molar-refractivity contribution >= 4 is 93.1 Å². The molecule has 2 unspecified atom stereocenters. The van der Waals surface area contributed by atoms with E-state index in [9.17, 15) is 0 Å². The number of para-hydroxylation sites is 4. The minimum absolute atomic E-state index is 0.127. The smallest absolute Gasteiger partial charge is 0.159 e. The first-order valence-electron chi connectivity index (χ1n) is 27.6. The summed E-state index contributed by atoms with van der Waals surface area (Å²) in [5.41, 5.74) is 19.6. The van der Waals surface area contributed by atoms with Crippen molar-refractivity contribution in [1.29, 1.82) is 0 Å². The Morgan fingerprint density at radius 3 is 1.46 bits per heavy atom. The average molecular weight is 999 g/mol. The van der Waals surface area contributed by atoms with Crippen molar-refractivity contribution in [1.82, 2.24) is 0 Å². The van der Waals surface area contributed by atoms with Crippen LogP contribution < -0.4 is 20.2 Å². The lowest BCUT2D eigenvalue weighted by Gasteiger charge is -2.48. The van der Waals surface area contributed by atoms with E-state index < -0.39 is 16.1 Å². The van der Waals surface area contributed by atoms with Crippen LogP contribution in [0.1, 0.15) is 51.4 Å². The van der Waals surface area contributed by atoms with E-state index >= 15 is 0 Å². The molecule has 6 aliphatic rings. The van der Waals surface area contributed by atoms with Crippen molar-refractivity contribution < 1.29 is 8.83 Å². The molecule has 2 aromatic heterocycles. The molecule has 0 N–H and O–H groups in total. The van der Waals surface area contributed by atoms with Gasteiger partial charge in [-0.3, -0.25) is 0 Å². The standard InChI is InChI=1S/C68H66N2O2Si2/c1-73(2,3)47-33-29-45(30-34-47)69(59-25-15-23-53-49-21-11-13-27-63(49)71-67(53)59)61-41-57(43-17-7-8-18-43)51-38-40-56-62(42-58(44-19-9-10-20-44)52-37-39-55(61)65(51)66(52)56)70(46-31-35-48(36-32-46)74(4,5)6)60-26-16-24-54-50-22-12-14-28-64(50)72-68(54)60/h11-16,21-44,65-66H,7-10,17-20H2,1-6H3. The molecule has 6 aliphatic carbocycles. The normalized spacial score (nSPS) is 20.2. The highest BCUT2D eigenvalue weighted by Gasteiger charge is 2.48. The molecule has 0 aliphatic heterocycles. The molecule has 0 saturated heterocycles. The van der Waals surface area contributed by atoms with Crippen LogP contribution in [0.2, 0.25) is 39.3 Å². The highest BCUT2D eigenvalue weighted by molar-refractivity contribution is 6.89. The second kappa shape index (κ2) is 17.4. The predicted molar refractivity (Wildman–Crippen MR) is 317 cm³/mol. The number of fused-ring (bicyclic) bond motifs is 6. The van der Waals surface area contributed by atoms with E-state index in [-0.39, 0.29) is 11.8 Å². The van der Waals surface area contributed by atoms with Gasteiger partial charge in [0.1, 0.15) is 11.2 Å². The minimum atomic E-state index is -1.58. The van der Waals surface area contributed by atoms with Gasteiger partial charge in [0.2, 0.25) is 0 Å². The van der Waals surface area contributed by atoms with Gasteiger partial charge in [-0.25, -0.2) is 0 Å². The van der Waals surface area contributed by atoms with Crippen molar-refractivity contribution in [3.05, 3.63) is 215 Å². The molecule has 0 bridgehead atoms. The van der Waals surface area contributed by atoms with Crippen LogP contribution in [-0.4, -0.2) is 16.1 Å². The number of hydrogen-bond donors (Lipinski definition) is 0. The molecule has 8 aromatic rings. The fraction of sp³-hybridized carbons (Fsp3) is 0.265. The Morgan fingerprint density at radius 1 is 0.419 bits per heavy atom. The van der Waals surface area contributed by atoms with Crippen molar-refractivity contribution in [2.24, 2.45) is 23.7 Å². The molecule has 2 heterocycles. The lowest BCUT2D eigenvalue weighted by molar-refractivity contribution is 0.507. The van der Waals surface area contributed by atoms with Crippen molar-refractivity contribution in [3.63, 3.8) is 0 Å². The van der Waals surface area contributed by atoms with Crippen LogP contribution in [-0.2, 0) is 0 Å². The zero-order chi connectivity index (χ0) is 50.0. The fourth-order valence-electron chi connectivity index (χ4n) is 13.9. The number of benzene rings is 6. The lowest BCUT2D eigenvalue weighted by atomic mass is 9.59. The summed E-state index contributed by atoms with van der Waals surface area (Å²) in [6.45, 7) is 14.7. The molecular formula is C68H66N2O2Si2. The van der Waals surface area contributed by atoms with Gasteiger partial charge in [-0.15, -0.1) is 0 Å². The van der Waals surface area contributed by atoms with Crippen LogP contribution in [0.5, 0.6) is 0 Å². The van der Waals surface area contributed by atoms with Gasteiger partial charge < -0.3 is 18.6 Å². The summed E-state index contributed by atoms with van der Waals surface area (Å²) >= 11 is 0. The molecule has 0 radical (unpaired) electrons. The van der Waals surface area contributed by atoms with E-state index in [0.29, 0.717) is 11.8 Å². The van der Waals surface area contributed by atoms with Gasteiger partial charge in [0.15, 0.2) is 11.2 Å². The average Bonchev–Trinajstić information content (AvgIpc) is 4.30. The zero-order valence-corrected chi connectivity index (χ0v) is 45.8. The lowest BCUT2D eigenvalue weighted by Crippen LogP contribution is -2.39. The SMILES string of the molecule is C[Si](C)(C)c1ccc(N(C2=CC(C3CCCC3)=C3C=CC4=C(N(c5ccc([Si](C)(C)C)cc5)c5cccc6c5oc5ccccc56)C=C(C5CCCC5)C5=CC=C2C3C54)c2cccc3c2oc2ccccc23)cc1. The summed E-state index contributed by atoms with van der Waals surface area (Å²) in [5, 5.41) is 7.53. The van der Waals surface area contributed by atoms with E-state index in [0.717, 1.165) is 55.3 Å². The van der Waals surface area contributed by atoms with Crippen LogP contribution in [0.25, 0.3) is 43.9 Å². The van der Waals surface area contributed by atoms with Gasteiger partial charge >= 0.3 is 0 Å². The summed E-state index contributed by atoms with van der Waals surface area (Å²) < 4.78 is 14.0. The quantitative estimate of drug-likeness (QED) is 0.128. The second-order valence-electron chi connectivity index (χ2n) is 24.1. The Bertz CT molecular complexity index is 3820. The molecule has 74 heavy (non-hydrogen) atoms. The highest BCUT2D eigenvalue weighted by Crippen LogP contribution is 2.60. The first kappa shape index (κ1) is 45.7. The number of hydrogen-bond acceptors (Lipinski definition) is 4. The monoisotopic (exact) mass is 998 g/mol. The van der Waals surface area contributed by atoms with E-state index in [1.165, 1.54) is 118 Å². The van der Waals surface area contributed by atoms with Gasteiger partial charge in [-0.05, 0) is 132 Å². The maximum absolute atomic E-state index is 6.98. The molecule has 6 aromatic carbocycles. The Balaban J connectivity index is 1.03. The first-order chi connectivity index (χ1) is 36.0. The molecule has 4 nitrogen and oxygen atoms in total. The third-order valence-corrected chi connectivity index (χ3v) is 21.8. The molecular weight excluding hydrogens is 933 g/mol. The Morgan fingerprint density at radius 2 is 0.892 bits per heavy atom. The van der Waals surface area contributed by atoms with E-state index in [2.05, 4.69) is 219 Å². The number of furan rings is 2. The van der Waals surface area contributed by atoms with Crippen LogP contribution in [0, 0.1) is 23.7 Å². The van der Waals surface area contributed by atoms with Crippen molar-refractivity contribution in [2.75, 3.05) is 9.80 Å². The molecule has 368 valence electrons. The van der Waals surface area contributed by atoms with Gasteiger partial charge in [0.05, 0.1) is 38.9 Å². The molecule has 2 saturated carbocycles. The maximum Gasteiger partial charge on any atom is 0.159 e. The number of rotatable bonds is 10. The second-order valence-corrected chi connectivity index (χ2v) is 34.3.